The lowest BCUT2D eigenvalue weighted by molar-refractivity contribution is -0.212. The summed E-state index contributed by atoms with van der Waals surface area (Å²) in [6, 6.07) is 40.8. The third-order valence-corrected chi connectivity index (χ3v) is 47.9. The van der Waals surface area contributed by atoms with E-state index in [0.29, 0.717) is 36.3 Å². The van der Waals surface area contributed by atoms with Crippen molar-refractivity contribution in [1.29, 1.82) is 0 Å². The summed E-state index contributed by atoms with van der Waals surface area (Å²) in [5.41, 5.74) is 21.2. The third kappa shape index (κ3) is 28.0. The quantitative estimate of drug-likeness (QED) is 0.0113. The molecule has 4 unspecified atom stereocenters. The molecule has 0 heterocycles. The molecule has 0 saturated carbocycles. The summed E-state index contributed by atoms with van der Waals surface area (Å²) in [4.78, 5) is 224. The van der Waals surface area contributed by atoms with E-state index in [1.165, 1.54) is 72.8 Å². The smallest absolute Gasteiger partial charge is 0.432 e. The minimum absolute atomic E-state index is 0.0739. The zero-order valence-corrected chi connectivity index (χ0v) is 80.7. The van der Waals surface area contributed by atoms with E-state index >= 15 is 0 Å². The van der Waals surface area contributed by atoms with E-state index in [9.17, 15) is 57.5 Å². The van der Waals surface area contributed by atoms with Gasteiger partial charge in [0.1, 0.15) is 48.4 Å². The molecular weight excluding hydrogens is 1800 g/mol. The lowest BCUT2D eigenvalue weighted by Gasteiger charge is -2.36. The molecule has 698 valence electrons. The Morgan fingerprint density at radius 1 is 0.220 bits per heavy atom. The minimum atomic E-state index is -2.44. The van der Waals surface area contributed by atoms with Crippen LogP contribution in [0, 0.1) is 23.7 Å². The molecule has 0 spiro atoms. The monoisotopic (exact) mass is 1910 g/mol. The van der Waals surface area contributed by atoms with Crippen LogP contribution in [0.2, 0.25) is 36.3 Å². The zero-order chi connectivity index (χ0) is 97.2. The molecule has 0 fully saturated rings. The highest BCUT2D eigenvalue weighted by Gasteiger charge is 2.42. The fourth-order valence-electron chi connectivity index (χ4n) is 14.6. The first kappa shape index (κ1) is 107. The number of ether oxygens (including phenoxy) is 6. The molecule has 0 aliphatic carbocycles. The SMILES string of the molecule is C=C[Si](C=C)(CC)c1ccc(C(=O)OOC(=O)OCCC(COC(=O)OOC(=O)c2ccc([Si](C=C)(C=C)CC)cc2)C(COC(=O)OOC(=O)c2ccc([Si](C=C)(C=C)CC)cc2)C(COC(=O)OOC(=O)c2ccc([Si](C=C)(C=C)CC)cc2)C(CCOC(=O)OOC(=O)c2ccc([Si](C=C)(C=C)CC)cc2)COC(=O)OOC(=O)c2ccc([Si](C=C)(C=C)CC)cc2)cc1. The molecule has 0 aliphatic heterocycles. The normalized spacial score (nSPS) is 12.1. The topological polar surface area (TPSA) is 371 Å². The summed E-state index contributed by atoms with van der Waals surface area (Å²) in [5.74, 6) is -14.0. The van der Waals surface area contributed by atoms with Gasteiger partial charge < -0.3 is 28.4 Å². The van der Waals surface area contributed by atoms with Crippen molar-refractivity contribution >= 4 is 152 Å². The molecule has 0 bridgehead atoms. The molecule has 30 nitrogen and oxygen atoms in total. The maximum Gasteiger partial charge on any atom is 0.549 e. The van der Waals surface area contributed by atoms with E-state index < -0.39 is 197 Å². The predicted molar refractivity (Wildman–Crippen MR) is 507 cm³/mol. The highest BCUT2D eigenvalue weighted by molar-refractivity contribution is 7.02. The van der Waals surface area contributed by atoms with Crippen molar-refractivity contribution in [3.8, 4) is 0 Å². The average Bonchev–Trinajstić information content (AvgIpc) is 0.832. The van der Waals surface area contributed by atoms with Gasteiger partial charge in [0.15, 0.2) is 0 Å². The van der Waals surface area contributed by atoms with Crippen LogP contribution in [-0.4, -0.2) is 161 Å². The molecule has 6 rings (SSSR count). The first-order valence-electron chi connectivity index (χ1n) is 42.0. The summed E-state index contributed by atoms with van der Waals surface area (Å²) in [6.45, 7) is 53.5. The van der Waals surface area contributed by atoms with E-state index in [-0.39, 0.29) is 33.4 Å². The van der Waals surface area contributed by atoms with E-state index in [2.05, 4.69) is 78.9 Å². The van der Waals surface area contributed by atoms with Crippen LogP contribution in [0.15, 0.2) is 293 Å². The molecule has 0 saturated heterocycles. The minimum Gasteiger partial charge on any atom is -0.432 e. The van der Waals surface area contributed by atoms with E-state index in [1.807, 2.05) is 110 Å². The molecular formula is C96H110O30Si6. The second-order valence-electron chi connectivity index (χ2n) is 29.9. The summed E-state index contributed by atoms with van der Waals surface area (Å²) in [7, 11) is -14.5. The second kappa shape index (κ2) is 52.0. The molecule has 6 aromatic carbocycles. The Bertz CT molecular complexity index is 4780. The third-order valence-electron chi connectivity index (χ3n) is 23.7. The Morgan fingerprint density at radius 2 is 0.364 bits per heavy atom. The van der Waals surface area contributed by atoms with Crippen molar-refractivity contribution < 1.29 is 145 Å². The van der Waals surface area contributed by atoms with Crippen molar-refractivity contribution in [2.75, 3.05) is 39.6 Å². The Balaban J connectivity index is 1.48. The van der Waals surface area contributed by atoms with Gasteiger partial charge in [-0.1, -0.05) is 214 Å². The lowest BCUT2D eigenvalue weighted by Crippen LogP contribution is -2.43. The number of benzene rings is 6. The van der Waals surface area contributed by atoms with E-state index in [1.54, 1.807) is 72.8 Å². The van der Waals surface area contributed by atoms with Crippen LogP contribution in [-0.2, 0) is 87.1 Å². The molecule has 0 aromatic heterocycles. The van der Waals surface area contributed by atoms with Gasteiger partial charge in [0, 0.05) is 23.7 Å². The number of rotatable bonds is 47. The van der Waals surface area contributed by atoms with Crippen LogP contribution in [0.25, 0.3) is 0 Å². The van der Waals surface area contributed by atoms with Gasteiger partial charge in [-0.25, -0.2) is 87.4 Å². The Morgan fingerprint density at radius 3 is 0.508 bits per heavy atom. The van der Waals surface area contributed by atoms with Crippen LogP contribution in [0.4, 0.5) is 28.8 Å². The largest absolute Gasteiger partial charge is 0.549 e. The molecule has 132 heavy (non-hydrogen) atoms. The summed E-state index contributed by atoms with van der Waals surface area (Å²) in [5, 5.41) is 4.99. The standard InChI is InChI=1S/C96H110O30Si6/c1-19-127(20-2,21-3)77-49-37-69(38-50-77)85(97)115-121-91(103)109-63-61-75(65-111-93(105)123-117-87(99)71-41-53-79(54-42-71)129(25-7,26-8)27-9)83(67-113-95(107)125-119-89(101)73-45-57-81(58-46-73)131(31-13,32-14)33-15)84(68-114-96(108)126-120-90(102)74-47-59-82(60-48-74)132(34-16,35-17)36-18)76(66-112-94(106)124-118-88(100)72-43-55-80(56-44-72)130(28-10,29-11)30-12)62-64-110-92(104)122-116-86(98)70-39-51-78(52-40-70)128(22-4,23-5)24-6/h19-20,22-23,25-26,28-29,31-32,34-35,37-60,75-76,83-84H,1-2,4-5,7-8,10-11,13-14,16-17,21,24,27,30,33,36,61-68H2,3,6,9,12,15,18H3. The van der Waals surface area contributed by atoms with Gasteiger partial charge in [0.25, 0.3) is 0 Å². The van der Waals surface area contributed by atoms with Crippen LogP contribution >= 0.6 is 0 Å². The van der Waals surface area contributed by atoms with Gasteiger partial charge >= 0.3 is 72.7 Å². The van der Waals surface area contributed by atoms with E-state index in [0.717, 1.165) is 31.1 Å². The summed E-state index contributed by atoms with van der Waals surface area (Å²) >= 11 is 0. The fraction of sp³-hybridized carbons (Fsp3) is 0.250. The number of carbonyl (C=O) groups is 12. The number of hydrogen-bond donors (Lipinski definition) is 0. The lowest BCUT2D eigenvalue weighted by atomic mass is 9.74. The molecule has 36 heteroatoms. The Kier molecular flexibility index (Phi) is 42.0. The second-order valence-corrected chi connectivity index (χ2v) is 55.0. The number of hydrogen-bond acceptors (Lipinski definition) is 30. The van der Waals surface area contributed by atoms with Gasteiger partial charge in [-0.3, -0.25) is 0 Å². The molecule has 0 aliphatic rings. The van der Waals surface area contributed by atoms with Crippen molar-refractivity contribution in [1.82, 2.24) is 0 Å². The Hall–Kier alpha value is -14.1. The summed E-state index contributed by atoms with van der Waals surface area (Å²) < 4.78 is 33.5. The van der Waals surface area contributed by atoms with Gasteiger partial charge in [-0.2, -0.15) is 28.8 Å². The van der Waals surface area contributed by atoms with Crippen molar-refractivity contribution in [3.63, 3.8) is 0 Å². The molecule has 0 radical (unpaired) electrons. The summed E-state index contributed by atoms with van der Waals surface area (Å²) in [6.07, 6.45) is -11.8. The van der Waals surface area contributed by atoms with Crippen molar-refractivity contribution in [2.45, 2.75) is 90.6 Å². The average molecular weight is 1910 g/mol. The maximum absolute atomic E-state index is 14.2. The van der Waals surface area contributed by atoms with E-state index in [4.69, 9.17) is 87.1 Å². The molecule has 4 atom stereocenters. The van der Waals surface area contributed by atoms with Crippen molar-refractivity contribution in [3.05, 3.63) is 326 Å². The van der Waals surface area contributed by atoms with Gasteiger partial charge in [0.2, 0.25) is 0 Å². The van der Waals surface area contributed by atoms with Gasteiger partial charge in [-0.15, -0.1) is 78.9 Å². The fourth-order valence-corrected chi connectivity index (χ4v) is 29.0. The first-order chi connectivity index (χ1) is 63.3. The zero-order valence-electron chi connectivity index (χ0n) is 74.7. The Labute approximate surface area is 772 Å². The molecule has 0 amide bonds. The first-order valence-corrected chi connectivity index (χ1v) is 56.1. The van der Waals surface area contributed by atoms with Crippen LogP contribution in [0.3, 0.4) is 0 Å². The van der Waals surface area contributed by atoms with Gasteiger partial charge in [-0.05, 0) is 122 Å². The van der Waals surface area contributed by atoms with Crippen molar-refractivity contribution in [2.24, 2.45) is 23.7 Å². The number of carbonyl (C=O) groups excluding carboxylic acids is 12. The van der Waals surface area contributed by atoms with Gasteiger partial charge in [0.05, 0.1) is 73.0 Å². The van der Waals surface area contributed by atoms with Crippen LogP contribution in [0.1, 0.15) is 117 Å². The molecule has 6 aromatic rings. The molecule has 0 N–H and O–H groups in total. The predicted octanol–water partition coefficient (Wildman–Crippen LogP) is 16.5. The highest BCUT2D eigenvalue weighted by Crippen LogP contribution is 2.35. The van der Waals surface area contributed by atoms with Crippen LogP contribution in [0.5, 0.6) is 0 Å². The maximum atomic E-state index is 14.2. The van der Waals surface area contributed by atoms with Crippen LogP contribution < -0.4 is 31.1 Å². The highest BCUT2D eigenvalue weighted by atomic mass is 28.3.